The number of benzene rings is 1. The minimum Gasteiger partial charge on any atom is -0.469 e. The molecule has 4 N–H and O–H groups in total. The lowest BCUT2D eigenvalue weighted by Crippen LogP contribution is -2.19. The summed E-state index contributed by atoms with van der Waals surface area (Å²) in [5, 5.41) is 14.7. The van der Waals surface area contributed by atoms with E-state index in [0.29, 0.717) is 27.6 Å². The molecule has 2 aromatic rings. The van der Waals surface area contributed by atoms with Gasteiger partial charge in [0.2, 0.25) is 0 Å². The number of rotatable bonds is 3. The first kappa shape index (κ1) is 14.0. The van der Waals surface area contributed by atoms with Crippen LogP contribution in [0.25, 0.3) is 0 Å². The van der Waals surface area contributed by atoms with Crippen molar-refractivity contribution in [2.45, 2.75) is 6.92 Å². The summed E-state index contributed by atoms with van der Waals surface area (Å²) in [5.74, 6) is 0.00117. The number of oxime groups is 1. The van der Waals surface area contributed by atoms with E-state index in [4.69, 9.17) is 27.0 Å². The van der Waals surface area contributed by atoms with Crippen LogP contribution in [0.1, 0.15) is 21.7 Å². The molecule has 1 amide bonds. The van der Waals surface area contributed by atoms with E-state index < -0.39 is 0 Å². The molecule has 0 radical (unpaired) electrons. The third kappa shape index (κ3) is 2.75. The van der Waals surface area contributed by atoms with Gasteiger partial charge in [-0.3, -0.25) is 4.79 Å². The SMILES string of the molecule is Cc1occc1C(=O)Nc1cc(Cl)ccc1C(N)=NO. The van der Waals surface area contributed by atoms with Crippen LogP contribution in [-0.2, 0) is 0 Å². The van der Waals surface area contributed by atoms with Crippen molar-refractivity contribution in [1.82, 2.24) is 0 Å². The van der Waals surface area contributed by atoms with Crippen LogP contribution >= 0.6 is 11.6 Å². The molecule has 0 saturated heterocycles. The molecule has 1 aromatic carbocycles. The highest BCUT2D eigenvalue weighted by Gasteiger charge is 2.15. The highest BCUT2D eigenvalue weighted by Crippen LogP contribution is 2.22. The monoisotopic (exact) mass is 293 g/mol. The number of nitrogens with two attached hydrogens (primary N) is 1. The van der Waals surface area contributed by atoms with Gasteiger partial charge < -0.3 is 20.7 Å². The van der Waals surface area contributed by atoms with Crippen molar-refractivity contribution in [3.05, 3.63) is 52.4 Å². The Balaban J connectivity index is 2.36. The smallest absolute Gasteiger partial charge is 0.259 e. The lowest BCUT2D eigenvalue weighted by atomic mass is 10.1. The second-order valence-corrected chi connectivity index (χ2v) is 4.46. The van der Waals surface area contributed by atoms with Gasteiger partial charge in [-0.15, -0.1) is 0 Å². The zero-order valence-corrected chi connectivity index (χ0v) is 11.3. The van der Waals surface area contributed by atoms with E-state index in [0.717, 1.165) is 0 Å². The second kappa shape index (κ2) is 5.66. The minimum absolute atomic E-state index is 0.124. The van der Waals surface area contributed by atoms with Gasteiger partial charge in [0.15, 0.2) is 5.84 Å². The molecule has 0 saturated carbocycles. The molecule has 0 aliphatic carbocycles. The Morgan fingerprint density at radius 1 is 1.40 bits per heavy atom. The predicted molar refractivity (Wildman–Crippen MR) is 75.4 cm³/mol. The number of carbonyl (C=O) groups is 1. The number of anilines is 1. The van der Waals surface area contributed by atoms with Crippen molar-refractivity contribution in [1.29, 1.82) is 0 Å². The summed E-state index contributed by atoms with van der Waals surface area (Å²) in [4.78, 5) is 12.1. The van der Waals surface area contributed by atoms with Crippen LogP contribution in [0.5, 0.6) is 0 Å². The molecule has 6 nitrogen and oxygen atoms in total. The van der Waals surface area contributed by atoms with Gasteiger partial charge in [0.05, 0.1) is 17.5 Å². The number of amidine groups is 1. The Bertz CT molecular complexity index is 679. The maximum absolute atomic E-state index is 12.1. The van der Waals surface area contributed by atoms with Gasteiger partial charge in [-0.2, -0.15) is 0 Å². The molecule has 0 fully saturated rings. The van der Waals surface area contributed by atoms with Crippen LogP contribution in [0.2, 0.25) is 5.02 Å². The summed E-state index contributed by atoms with van der Waals surface area (Å²) in [5.41, 5.74) is 6.67. The summed E-state index contributed by atoms with van der Waals surface area (Å²) in [6.07, 6.45) is 1.42. The van der Waals surface area contributed by atoms with E-state index in [1.807, 2.05) is 0 Å². The number of hydrogen-bond donors (Lipinski definition) is 3. The van der Waals surface area contributed by atoms with Crippen LogP contribution < -0.4 is 11.1 Å². The molecule has 0 aliphatic rings. The number of furan rings is 1. The van der Waals surface area contributed by atoms with Crippen LogP contribution in [-0.4, -0.2) is 17.0 Å². The Hall–Kier alpha value is -2.47. The number of hydrogen-bond acceptors (Lipinski definition) is 4. The van der Waals surface area contributed by atoms with Crippen molar-refractivity contribution < 1.29 is 14.4 Å². The molecular formula is C13H12ClN3O3. The summed E-state index contributed by atoms with van der Waals surface area (Å²) in [7, 11) is 0. The average Bonchev–Trinajstić information content (AvgIpc) is 2.84. The molecule has 20 heavy (non-hydrogen) atoms. The van der Waals surface area contributed by atoms with Crippen LogP contribution in [0, 0.1) is 6.92 Å². The second-order valence-electron chi connectivity index (χ2n) is 4.02. The molecule has 104 valence electrons. The average molecular weight is 294 g/mol. The number of amides is 1. The summed E-state index contributed by atoms with van der Waals surface area (Å²) < 4.78 is 5.07. The van der Waals surface area contributed by atoms with Crippen LogP contribution in [0.4, 0.5) is 5.69 Å². The third-order valence-corrected chi connectivity index (χ3v) is 2.95. The topological polar surface area (TPSA) is 101 Å². The molecule has 0 atom stereocenters. The van der Waals surface area contributed by atoms with Gasteiger partial charge in [-0.05, 0) is 31.2 Å². The van der Waals surface area contributed by atoms with Gasteiger partial charge in [0.25, 0.3) is 5.91 Å². The van der Waals surface area contributed by atoms with Gasteiger partial charge in [-0.1, -0.05) is 16.8 Å². The van der Waals surface area contributed by atoms with Crippen molar-refractivity contribution in [2.24, 2.45) is 10.9 Å². The Labute approximate surface area is 119 Å². The normalized spacial score (nSPS) is 11.4. The fourth-order valence-electron chi connectivity index (χ4n) is 1.71. The summed E-state index contributed by atoms with van der Waals surface area (Å²) in [6, 6.07) is 6.20. The van der Waals surface area contributed by atoms with Crippen molar-refractivity contribution in [3.63, 3.8) is 0 Å². The number of halogens is 1. The fourth-order valence-corrected chi connectivity index (χ4v) is 1.88. The largest absolute Gasteiger partial charge is 0.469 e. The molecule has 1 heterocycles. The zero-order chi connectivity index (χ0) is 14.7. The Morgan fingerprint density at radius 2 is 2.15 bits per heavy atom. The maximum Gasteiger partial charge on any atom is 0.259 e. The van der Waals surface area contributed by atoms with Gasteiger partial charge in [-0.25, -0.2) is 0 Å². The predicted octanol–water partition coefficient (Wildman–Crippen LogP) is 2.59. The zero-order valence-electron chi connectivity index (χ0n) is 10.6. The number of carbonyl (C=O) groups excluding carboxylic acids is 1. The summed E-state index contributed by atoms with van der Waals surface area (Å²) >= 11 is 5.89. The summed E-state index contributed by atoms with van der Waals surface area (Å²) in [6.45, 7) is 1.68. The first-order valence-corrected chi connectivity index (χ1v) is 6.03. The van der Waals surface area contributed by atoms with E-state index in [1.54, 1.807) is 25.1 Å². The number of nitrogens with zero attached hydrogens (tertiary/aromatic N) is 1. The minimum atomic E-state index is -0.370. The Morgan fingerprint density at radius 3 is 2.75 bits per heavy atom. The van der Waals surface area contributed by atoms with Gasteiger partial charge >= 0.3 is 0 Å². The van der Waals surface area contributed by atoms with Crippen molar-refractivity contribution in [3.8, 4) is 0 Å². The standard InChI is InChI=1S/C13H12ClN3O3/c1-7-9(4-5-20-7)13(18)16-11-6-8(14)2-3-10(11)12(15)17-19/h2-6,19H,1H3,(H2,15,17)(H,16,18). The van der Waals surface area contributed by atoms with E-state index in [9.17, 15) is 4.79 Å². The fraction of sp³-hybridized carbons (Fsp3) is 0.0769. The molecule has 0 unspecified atom stereocenters. The van der Waals surface area contributed by atoms with Gasteiger partial charge in [0, 0.05) is 10.6 Å². The molecule has 1 aromatic heterocycles. The molecule has 2 rings (SSSR count). The molecular weight excluding hydrogens is 282 g/mol. The first-order chi connectivity index (χ1) is 9.52. The molecule has 0 bridgehead atoms. The molecule has 0 aliphatic heterocycles. The third-order valence-electron chi connectivity index (χ3n) is 2.72. The lowest BCUT2D eigenvalue weighted by Gasteiger charge is -2.10. The molecule has 0 spiro atoms. The van der Waals surface area contributed by atoms with E-state index >= 15 is 0 Å². The van der Waals surface area contributed by atoms with E-state index in [1.165, 1.54) is 12.3 Å². The van der Waals surface area contributed by atoms with Crippen LogP contribution in [0.3, 0.4) is 0 Å². The Kier molecular flexibility index (Phi) is 3.95. The maximum atomic E-state index is 12.1. The highest BCUT2D eigenvalue weighted by molar-refractivity contribution is 6.31. The van der Waals surface area contributed by atoms with Gasteiger partial charge in [0.1, 0.15) is 5.76 Å². The molecule has 7 heteroatoms. The highest BCUT2D eigenvalue weighted by atomic mass is 35.5. The number of aryl methyl sites for hydroxylation is 1. The van der Waals surface area contributed by atoms with Crippen molar-refractivity contribution >= 4 is 29.0 Å². The first-order valence-electron chi connectivity index (χ1n) is 5.66. The van der Waals surface area contributed by atoms with E-state index in [-0.39, 0.29) is 11.7 Å². The quantitative estimate of drug-likeness (QED) is 0.350. The van der Waals surface area contributed by atoms with E-state index in [2.05, 4.69) is 10.5 Å². The lowest BCUT2D eigenvalue weighted by molar-refractivity contribution is 0.102. The van der Waals surface area contributed by atoms with Crippen LogP contribution in [0.15, 0.2) is 40.1 Å². The van der Waals surface area contributed by atoms with Crippen molar-refractivity contribution in [2.75, 3.05) is 5.32 Å². The number of nitrogens with one attached hydrogen (secondary N) is 1.